The quantitative estimate of drug-likeness (QED) is 0.609. The molecule has 0 bridgehead atoms. The molecule has 1 unspecified atom stereocenters. The Hall–Kier alpha value is -2.54. The van der Waals surface area contributed by atoms with E-state index >= 15 is 0 Å². The Bertz CT molecular complexity index is 1100. The lowest BCUT2D eigenvalue weighted by Crippen LogP contribution is -2.39. The van der Waals surface area contributed by atoms with Crippen LogP contribution in [-0.2, 0) is 0 Å². The highest BCUT2D eigenvalue weighted by atomic mass is 32.1. The molecule has 1 aliphatic carbocycles. The topological polar surface area (TPSA) is 63.9 Å². The van der Waals surface area contributed by atoms with E-state index < -0.39 is 0 Å². The molecule has 2 aliphatic rings. The third-order valence-corrected chi connectivity index (χ3v) is 7.06. The average molecular weight is 422 g/mol. The van der Waals surface area contributed by atoms with Crippen molar-refractivity contribution in [1.29, 1.82) is 0 Å². The predicted octanol–water partition coefficient (Wildman–Crippen LogP) is 4.76. The summed E-state index contributed by atoms with van der Waals surface area (Å²) in [5.41, 5.74) is 3.74. The van der Waals surface area contributed by atoms with Gasteiger partial charge in [0.15, 0.2) is 0 Å². The number of aryl methyl sites for hydroxylation is 2. The summed E-state index contributed by atoms with van der Waals surface area (Å²) in [6, 6.07) is 4.11. The van der Waals surface area contributed by atoms with Crippen LogP contribution in [0.4, 0.5) is 0 Å². The first-order valence-corrected chi connectivity index (χ1v) is 11.6. The second-order valence-corrected chi connectivity index (χ2v) is 10.2. The van der Waals surface area contributed by atoms with E-state index in [2.05, 4.69) is 36.9 Å². The number of carbonyl (C=O) groups is 1. The van der Waals surface area contributed by atoms with Gasteiger partial charge in [-0.2, -0.15) is 5.10 Å². The van der Waals surface area contributed by atoms with Gasteiger partial charge in [-0.25, -0.2) is 14.6 Å². The lowest BCUT2D eigenvalue weighted by molar-refractivity contribution is 0.0682. The van der Waals surface area contributed by atoms with Gasteiger partial charge >= 0.3 is 0 Å². The van der Waals surface area contributed by atoms with Crippen LogP contribution in [0, 0.1) is 19.8 Å². The lowest BCUT2D eigenvalue weighted by Gasteiger charge is -2.31. The van der Waals surface area contributed by atoms with Crippen LogP contribution in [0.1, 0.15) is 64.3 Å². The minimum absolute atomic E-state index is 0.107. The second kappa shape index (κ2) is 7.61. The number of likely N-dealkylation sites (tertiary alicyclic amines) is 1. The largest absolute Gasteiger partial charge is 0.338 e. The molecule has 7 heteroatoms. The summed E-state index contributed by atoms with van der Waals surface area (Å²) >= 11 is 1.77. The smallest absolute Gasteiger partial charge is 0.257 e. The van der Waals surface area contributed by atoms with Gasteiger partial charge in [0, 0.05) is 40.5 Å². The Morgan fingerprint density at radius 3 is 2.77 bits per heavy atom. The van der Waals surface area contributed by atoms with Crippen molar-refractivity contribution in [3.63, 3.8) is 0 Å². The molecule has 1 amide bonds. The molecule has 156 valence electrons. The van der Waals surface area contributed by atoms with Crippen molar-refractivity contribution >= 4 is 17.2 Å². The van der Waals surface area contributed by atoms with Crippen LogP contribution >= 0.6 is 11.3 Å². The van der Waals surface area contributed by atoms with Crippen molar-refractivity contribution < 1.29 is 4.79 Å². The zero-order valence-electron chi connectivity index (χ0n) is 17.8. The van der Waals surface area contributed by atoms with Crippen molar-refractivity contribution in [2.45, 2.75) is 52.4 Å². The molecular weight excluding hydrogens is 394 g/mol. The van der Waals surface area contributed by atoms with Crippen molar-refractivity contribution in [3.05, 3.63) is 45.5 Å². The van der Waals surface area contributed by atoms with Gasteiger partial charge in [-0.3, -0.25) is 4.79 Å². The van der Waals surface area contributed by atoms with E-state index in [4.69, 9.17) is 4.98 Å². The van der Waals surface area contributed by atoms with Gasteiger partial charge in [0.25, 0.3) is 11.9 Å². The SMILES string of the molecule is Cc1cc(-c2ccnc(-n3ncc(C(=O)N4CCCC(C)C4)c3C3CC3)n2)c(C)s1. The summed E-state index contributed by atoms with van der Waals surface area (Å²) in [4.78, 5) is 27.2. The molecule has 4 heterocycles. The zero-order chi connectivity index (χ0) is 20.8. The van der Waals surface area contributed by atoms with E-state index in [1.165, 1.54) is 16.2 Å². The Morgan fingerprint density at radius 2 is 2.07 bits per heavy atom. The molecule has 6 nitrogen and oxygen atoms in total. The Kier molecular flexibility index (Phi) is 4.93. The molecule has 30 heavy (non-hydrogen) atoms. The summed E-state index contributed by atoms with van der Waals surface area (Å²) < 4.78 is 1.80. The van der Waals surface area contributed by atoms with E-state index in [0.29, 0.717) is 17.8 Å². The summed E-state index contributed by atoms with van der Waals surface area (Å²) in [6.07, 6.45) is 7.96. The number of rotatable bonds is 4. The molecule has 1 saturated carbocycles. The van der Waals surface area contributed by atoms with Gasteiger partial charge in [0.2, 0.25) is 0 Å². The third-order valence-electron chi connectivity index (χ3n) is 6.09. The van der Waals surface area contributed by atoms with Gasteiger partial charge in [0.05, 0.1) is 23.1 Å². The lowest BCUT2D eigenvalue weighted by atomic mass is 9.99. The molecule has 1 saturated heterocycles. The summed E-state index contributed by atoms with van der Waals surface area (Å²) in [5.74, 6) is 1.57. The van der Waals surface area contributed by atoms with Crippen LogP contribution in [0.2, 0.25) is 0 Å². The monoisotopic (exact) mass is 421 g/mol. The minimum atomic E-state index is 0.107. The average Bonchev–Trinajstić information content (AvgIpc) is 3.39. The maximum Gasteiger partial charge on any atom is 0.257 e. The molecular formula is C23H27N5OS. The molecule has 1 atom stereocenters. The van der Waals surface area contributed by atoms with Gasteiger partial charge < -0.3 is 4.90 Å². The van der Waals surface area contributed by atoms with Crippen LogP contribution in [0.5, 0.6) is 0 Å². The normalized spacial score (nSPS) is 19.3. The molecule has 3 aromatic rings. The van der Waals surface area contributed by atoms with Crippen molar-refractivity contribution in [3.8, 4) is 17.2 Å². The Balaban J connectivity index is 1.52. The number of hydrogen-bond acceptors (Lipinski definition) is 5. The van der Waals surface area contributed by atoms with Crippen LogP contribution in [-0.4, -0.2) is 43.6 Å². The van der Waals surface area contributed by atoms with E-state index in [0.717, 1.165) is 54.9 Å². The van der Waals surface area contributed by atoms with Crippen LogP contribution in [0.3, 0.4) is 0 Å². The van der Waals surface area contributed by atoms with Crippen molar-refractivity contribution in [2.24, 2.45) is 5.92 Å². The highest BCUT2D eigenvalue weighted by Gasteiger charge is 2.35. The van der Waals surface area contributed by atoms with E-state index in [9.17, 15) is 4.79 Å². The fraction of sp³-hybridized carbons (Fsp3) is 0.478. The van der Waals surface area contributed by atoms with Gasteiger partial charge in [0.1, 0.15) is 0 Å². The first-order chi connectivity index (χ1) is 14.5. The first kappa shape index (κ1) is 19.4. The second-order valence-electron chi connectivity index (χ2n) is 8.70. The minimum Gasteiger partial charge on any atom is -0.338 e. The third kappa shape index (κ3) is 3.55. The summed E-state index contributed by atoms with van der Waals surface area (Å²) in [7, 11) is 0. The fourth-order valence-corrected chi connectivity index (χ4v) is 5.39. The van der Waals surface area contributed by atoms with Crippen LogP contribution < -0.4 is 0 Å². The Labute approximate surface area is 181 Å². The number of amides is 1. The highest BCUT2D eigenvalue weighted by Crippen LogP contribution is 2.42. The molecule has 0 spiro atoms. The van der Waals surface area contributed by atoms with Gasteiger partial charge in [-0.05, 0) is 57.6 Å². The van der Waals surface area contributed by atoms with Crippen molar-refractivity contribution in [1.82, 2.24) is 24.6 Å². The summed E-state index contributed by atoms with van der Waals surface area (Å²) in [6.45, 7) is 8.12. The maximum atomic E-state index is 13.3. The fourth-order valence-electron chi connectivity index (χ4n) is 4.46. The molecule has 2 fully saturated rings. The number of aromatic nitrogens is 4. The standard InChI is InChI=1S/C23H27N5OS/c1-14-5-4-10-27(13-14)22(29)19-12-25-28(21(19)17-6-7-17)23-24-9-8-20(26-23)18-11-15(2)30-16(18)3/h8-9,11-12,14,17H,4-7,10,13H2,1-3H3. The molecule has 0 N–H and O–H groups in total. The van der Waals surface area contributed by atoms with E-state index in [1.807, 2.05) is 11.0 Å². The zero-order valence-corrected chi connectivity index (χ0v) is 18.6. The van der Waals surface area contributed by atoms with Crippen molar-refractivity contribution in [2.75, 3.05) is 13.1 Å². The van der Waals surface area contributed by atoms with Gasteiger partial charge in [-0.1, -0.05) is 6.92 Å². The number of nitrogens with zero attached hydrogens (tertiary/aromatic N) is 5. The molecule has 5 rings (SSSR count). The number of thiophene rings is 1. The van der Waals surface area contributed by atoms with Crippen LogP contribution in [0.25, 0.3) is 17.2 Å². The van der Waals surface area contributed by atoms with Gasteiger partial charge in [-0.15, -0.1) is 11.3 Å². The molecule has 3 aromatic heterocycles. The van der Waals surface area contributed by atoms with E-state index in [1.54, 1.807) is 28.4 Å². The number of piperidine rings is 1. The maximum absolute atomic E-state index is 13.3. The number of hydrogen-bond donors (Lipinski definition) is 0. The molecule has 0 aromatic carbocycles. The highest BCUT2D eigenvalue weighted by molar-refractivity contribution is 7.12. The molecule has 0 radical (unpaired) electrons. The first-order valence-electron chi connectivity index (χ1n) is 10.8. The summed E-state index contributed by atoms with van der Waals surface area (Å²) in [5, 5.41) is 4.59. The predicted molar refractivity (Wildman–Crippen MR) is 118 cm³/mol. The Morgan fingerprint density at radius 1 is 1.23 bits per heavy atom. The molecule has 1 aliphatic heterocycles. The van der Waals surface area contributed by atoms with Crippen LogP contribution in [0.15, 0.2) is 24.5 Å². The van der Waals surface area contributed by atoms with E-state index in [-0.39, 0.29) is 5.91 Å². The number of carbonyl (C=O) groups excluding carboxylic acids is 1.